The van der Waals surface area contributed by atoms with Gasteiger partial charge >= 0.3 is 0 Å². The summed E-state index contributed by atoms with van der Waals surface area (Å²) in [6.07, 6.45) is 3.75. The summed E-state index contributed by atoms with van der Waals surface area (Å²) in [5.74, 6) is 0.512. The molecule has 9 heteroatoms. The average Bonchev–Trinajstić information content (AvgIpc) is 2.88. The van der Waals surface area contributed by atoms with Crippen molar-refractivity contribution in [1.29, 1.82) is 0 Å². The Labute approximate surface area is 163 Å². The molecular formula is C17H19Cl2N3O3S. The fourth-order valence-corrected chi connectivity index (χ4v) is 5.08. The molecule has 140 valence electrons. The Morgan fingerprint density at radius 2 is 1.81 bits per heavy atom. The topological polar surface area (TPSA) is 62.7 Å². The van der Waals surface area contributed by atoms with E-state index in [4.69, 9.17) is 27.9 Å². The largest absolute Gasteiger partial charge is 0.497 e. The van der Waals surface area contributed by atoms with E-state index in [-0.39, 0.29) is 4.90 Å². The molecule has 2 heterocycles. The van der Waals surface area contributed by atoms with Crippen LogP contribution >= 0.6 is 23.2 Å². The summed E-state index contributed by atoms with van der Waals surface area (Å²) >= 11 is 12.5. The van der Waals surface area contributed by atoms with E-state index >= 15 is 0 Å². The first-order valence-electron chi connectivity index (χ1n) is 8.11. The normalized spacial score (nSPS) is 16.3. The number of pyridine rings is 1. The minimum absolute atomic E-state index is 0.227. The van der Waals surface area contributed by atoms with Gasteiger partial charge in [-0.25, -0.2) is 8.42 Å². The van der Waals surface area contributed by atoms with Crippen molar-refractivity contribution < 1.29 is 13.2 Å². The smallest absolute Gasteiger partial charge is 0.243 e. The highest BCUT2D eigenvalue weighted by Crippen LogP contribution is 2.33. The summed E-state index contributed by atoms with van der Waals surface area (Å²) in [7, 11) is -2.08. The van der Waals surface area contributed by atoms with E-state index in [1.54, 1.807) is 30.6 Å². The van der Waals surface area contributed by atoms with Crippen molar-refractivity contribution in [3.05, 3.63) is 46.7 Å². The Bertz CT molecular complexity index is 872. The third-order valence-corrected chi connectivity index (χ3v) is 6.73. The molecule has 1 aliphatic heterocycles. The maximum Gasteiger partial charge on any atom is 0.243 e. The van der Waals surface area contributed by atoms with E-state index in [9.17, 15) is 8.42 Å². The number of anilines is 1. The standard InChI is InChI=1S/C17H19Cl2N3O3S/c1-25-13-4-2-5-14(10-13)26(23,24)22-7-3-6-21(8-9-22)17-15(18)11-20-12-16(17)19/h2,4-5,10-12H,3,6-9H2,1H3. The van der Waals surface area contributed by atoms with Crippen LogP contribution in [0.15, 0.2) is 41.6 Å². The fraction of sp³-hybridized carbons (Fsp3) is 0.353. The van der Waals surface area contributed by atoms with Crippen molar-refractivity contribution in [1.82, 2.24) is 9.29 Å². The van der Waals surface area contributed by atoms with Gasteiger partial charge in [-0.05, 0) is 18.6 Å². The first kappa shape index (κ1) is 19.2. The quantitative estimate of drug-likeness (QED) is 0.766. The molecule has 1 aromatic heterocycles. The van der Waals surface area contributed by atoms with Gasteiger partial charge < -0.3 is 9.64 Å². The third kappa shape index (κ3) is 3.91. The molecule has 1 saturated heterocycles. The van der Waals surface area contributed by atoms with Gasteiger partial charge in [-0.1, -0.05) is 29.3 Å². The average molecular weight is 416 g/mol. The molecule has 3 rings (SSSR count). The zero-order valence-electron chi connectivity index (χ0n) is 14.2. The van der Waals surface area contributed by atoms with Gasteiger partial charge in [-0.3, -0.25) is 4.98 Å². The number of aromatic nitrogens is 1. The van der Waals surface area contributed by atoms with Crippen molar-refractivity contribution in [2.24, 2.45) is 0 Å². The highest BCUT2D eigenvalue weighted by Gasteiger charge is 2.28. The van der Waals surface area contributed by atoms with Gasteiger partial charge in [0.15, 0.2) is 0 Å². The van der Waals surface area contributed by atoms with E-state index < -0.39 is 10.0 Å². The van der Waals surface area contributed by atoms with Gasteiger partial charge in [0.05, 0.1) is 27.7 Å². The first-order chi connectivity index (χ1) is 12.4. The van der Waals surface area contributed by atoms with Crippen LogP contribution in [0, 0.1) is 0 Å². The summed E-state index contributed by atoms with van der Waals surface area (Å²) in [5.41, 5.74) is 0.698. The van der Waals surface area contributed by atoms with E-state index in [0.29, 0.717) is 54.1 Å². The lowest BCUT2D eigenvalue weighted by atomic mass is 10.3. The van der Waals surface area contributed by atoms with Crippen LogP contribution in [0.3, 0.4) is 0 Å². The van der Waals surface area contributed by atoms with E-state index in [0.717, 1.165) is 0 Å². The van der Waals surface area contributed by atoms with Gasteiger partial charge in [0.25, 0.3) is 0 Å². The summed E-state index contributed by atoms with van der Waals surface area (Å²) in [6, 6.07) is 6.51. The van der Waals surface area contributed by atoms with Crippen LogP contribution in [0.2, 0.25) is 10.0 Å². The van der Waals surface area contributed by atoms with Gasteiger partial charge in [0.1, 0.15) is 5.75 Å². The highest BCUT2D eigenvalue weighted by atomic mass is 35.5. The molecule has 2 aromatic rings. The lowest BCUT2D eigenvalue weighted by molar-refractivity contribution is 0.411. The van der Waals surface area contributed by atoms with E-state index in [1.807, 2.05) is 4.90 Å². The van der Waals surface area contributed by atoms with Crippen LogP contribution in [0.25, 0.3) is 0 Å². The second kappa shape index (κ2) is 8.00. The lowest BCUT2D eigenvalue weighted by Crippen LogP contribution is -2.35. The van der Waals surface area contributed by atoms with Gasteiger partial charge in [0, 0.05) is 44.6 Å². The second-order valence-electron chi connectivity index (χ2n) is 5.88. The van der Waals surface area contributed by atoms with Crippen molar-refractivity contribution in [3.8, 4) is 5.75 Å². The minimum Gasteiger partial charge on any atom is -0.497 e. The molecule has 1 aromatic carbocycles. The number of ether oxygens (including phenoxy) is 1. The monoisotopic (exact) mass is 415 g/mol. The minimum atomic E-state index is -3.60. The molecule has 1 aliphatic rings. The summed E-state index contributed by atoms with van der Waals surface area (Å²) in [6.45, 7) is 1.92. The first-order valence-corrected chi connectivity index (χ1v) is 10.3. The molecule has 0 unspecified atom stereocenters. The van der Waals surface area contributed by atoms with Gasteiger partial charge in [-0.2, -0.15) is 4.31 Å². The number of nitrogens with zero attached hydrogens (tertiary/aromatic N) is 3. The molecular weight excluding hydrogens is 397 g/mol. The second-order valence-corrected chi connectivity index (χ2v) is 8.63. The van der Waals surface area contributed by atoms with Crippen molar-refractivity contribution in [2.75, 3.05) is 38.2 Å². The summed E-state index contributed by atoms with van der Waals surface area (Å²) in [5, 5.41) is 0.920. The van der Waals surface area contributed by atoms with Gasteiger partial charge in [-0.15, -0.1) is 0 Å². The van der Waals surface area contributed by atoms with Crippen molar-refractivity contribution in [3.63, 3.8) is 0 Å². The maximum absolute atomic E-state index is 13.0. The number of sulfonamides is 1. The molecule has 0 aliphatic carbocycles. The van der Waals surface area contributed by atoms with Crippen molar-refractivity contribution in [2.45, 2.75) is 11.3 Å². The van der Waals surface area contributed by atoms with E-state index in [2.05, 4.69) is 4.98 Å². The SMILES string of the molecule is COc1cccc(S(=O)(=O)N2CCCN(c3c(Cl)cncc3Cl)CC2)c1. The molecule has 0 amide bonds. The Hall–Kier alpha value is -1.54. The Morgan fingerprint density at radius 3 is 2.50 bits per heavy atom. The fourth-order valence-electron chi connectivity index (χ4n) is 2.98. The zero-order valence-corrected chi connectivity index (χ0v) is 16.6. The third-order valence-electron chi connectivity index (χ3n) is 4.28. The van der Waals surface area contributed by atoms with Crippen LogP contribution in [-0.4, -0.2) is 51.0 Å². The number of halogens is 2. The molecule has 0 saturated carbocycles. The molecule has 0 spiro atoms. The number of hydrogen-bond acceptors (Lipinski definition) is 5. The van der Waals surface area contributed by atoms with E-state index in [1.165, 1.54) is 17.5 Å². The molecule has 6 nitrogen and oxygen atoms in total. The summed E-state index contributed by atoms with van der Waals surface area (Å²) < 4.78 is 32.6. The Morgan fingerprint density at radius 1 is 1.08 bits per heavy atom. The molecule has 1 fully saturated rings. The van der Waals surface area contributed by atoms with Crippen LogP contribution in [0.4, 0.5) is 5.69 Å². The molecule has 0 atom stereocenters. The van der Waals surface area contributed by atoms with Crippen LogP contribution in [-0.2, 0) is 10.0 Å². The predicted octanol–water partition coefficient (Wildman–Crippen LogP) is 3.30. The number of benzene rings is 1. The number of hydrogen-bond donors (Lipinski definition) is 0. The maximum atomic E-state index is 13.0. The molecule has 0 bridgehead atoms. The summed E-state index contributed by atoms with van der Waals surface area (Å²) in [4.78, 5) is 6.20. The lowest BCUT2D eigenvalue weighted by Gasteiger charge is -2.25. The van der Waals surface area contributed by atoms with Crippen LogP contribution in [0.1, 0.15) is 6.42 Å². The Kier molecular flexibility index (Phi) is 5.92. The van der Waals surface area contributed by atoms with Crippen LogP contribution < -0.4 is 9.64 Å². The zero-order chi connectivity index (χ0) is 18.7. The van der Waals surface area contributed by atoms with Crippen molar-refractivity contribution >= 4 is 38.9 Å². The highest BCUT2D eigenvalue weighted by molar-refractivity contribution is 7.89. The molecule has 0 N–H and O–H groups in total. The number of rotatable bonds is 4. The predicted molar refractivity (Wildman–Crippen MR) is 103 cm³/mol. The molecule has 0 radical (unpaired) electrons. The Balaban J connectivity index is 1.82. The number of methoxy groups -OCH3 is 1. The van der Waals surface area contributed by atoms with Crippen LogP contribution in [0.5, 0.6) is 5.75 Å². The molecule has 26 heavy (non-hydrogen) atoms. The van der Waals surface area contributed by atoms with Gasteiger partial charge in [0.2, 0.25) is 10.0 Å².